The first kappa shape index (κ1) is 22.6. The molecule has 8 nitrogen and oxygen atoms in total. The van der Waals surface area contributed by atoms with Crippen LogP contribution in [0.25, 0.3) is 11.1 Å². The molecule has 3 aromatic rings. The van der Waals surface area contributed by atoms with Gasteiger partial charge >= 0.3 is 12.1 Å². The summed E-state index contributed by atoms with van der Waals surface area (Å²) in [5.74, 6) is -1.83. The van der Waals surface area contributed by atoms with Crippen LogP contribution in [0.5, 0.6) is 0 Å². The second-order valence-corrected chi connectivity index (χ2v) is 8.64. The van der Waals surface area contributed by atoms with Crippen molar-refractivity contribution in [2.75, 3.05) is 25.1 Å². The summed E-state index contributed by atoms with van der Waals surface area (Å²) in [6.45, 7) is 0.343. The van der Waals surface area contributed by atoms with Crippen molar-refractivity contribution < 1.29 is 29.0 Å². The molecule has 3 aromatic carbocycles. The van der Waals surface area contributed by atoms with Crippen LogP contribution in [0.15, 0.2) is 72.8 Å². The van der Waals surface area contributed by atoms with E-state index in [1.807, 2.05) is 36.4 Å². The summed E-state index contributed by atoms with van der Waals surface area (Å²) in [4.78, 5) is 37.5. The van der Waals surface area contributed by atoms with Crippen LogP contribution in [0.4, 0.5) is 10.5 Å². The van der Waals surface area contributed by atoms with Gasteiger partial charge < -0.3 is 25.2 Å². The van der Waals surface area contributed by atoms with Gasteiger partial charge in [0.25, 0.3) is 5.91 Å². The topological polar surface area (TPSA) is 114 Å². The summed E-state index contributed by atoms with van der Waals surface area (Å²) in [6.07, 6.45) is -0.503. The smallest absolute Gasteiger partial charge is 0.408 e. The Bertz CT molecular complexity index is 1250. The summed E-state index contributed by atoms with van der Waals surface area (Å²) in [5.41, 5.74) is 3.14. The molecule has 1 aliphatic heterocycles. The number of aromatic carboxylic acids is 1. The van der Waals surface area contributed by atoms with E-state index in [1.54, 1.807) is 12.1 Å². The molecule has 178 valence electrons. The van der Waals surface area contributed by atoms with E-state index >= 15 is 0 Å². The monoisotopic (exact) mass is 472 g/mol. The van der Waals surface area contributed by atoms with E-state index in [0.29, 0.717) is 0 Å². The van der Waals surface area contributed by atoms with Crippen LogP contribution in [0.2, 0.25) is 0 Å². The lowest BCUT2D eigenvalue weighted by Crippen LogP contribution is -2.57. The number of alkyl carbamates (subject to hydrolysis) is 1. The molecule has 0 spiro atoms. The highest BCUT2D eigenvalue weighted by atomic mass is 16.6. The molecular formula is C27H24N2O6. The van der Waals surface area contributed by atoms with Gasteiger partial charge in [-0.15, -0.1) is 0 Å². The molecule has 1 saturated heterocycles. The maximum Gasteiger partial charge on any atom is 0.408 e. The lowest BCUT2D eigenvalue weighted by molar-refractivity contribution is -0.122. The Morgan fingerprint density at radius 1 is 0.943 bits per heavy atom. The average molecular weight is 472 g/mol. The number of carbonyl (C=O) groups excluding carboxylic acids is 2. The maximum absolute atomic E-state index is 13.2. The number of rotatable bonds is 6. The summed E-state index contributed by atoms with van der Waals surface area (Å²) in [7, 11) is 0. The number of hydrogen-bond acceptors (Lipinski definition) is 5. The Labute approximate surface area is 201 Å². The number of hydrogen-bond donors (Lipinski definition) is 3. The zero-order valence-corrected chi connectivity index (χ0v) is 18.8. The molecule has 35 heavy (non-hydrogen) atoms. The Hall–Kier alpha value is -4.17. The van der Waals surface area contributed by atoms with E-state index in [9.17, 15) is 19.5 Å². The number of carboxylic acids is 1. The Morgan fingerprint density at radius 3 is 2.20 bits per heavy atom. The number of fused-ring (bicyclic) bond motifs is 3. The van der Waals surface area contributed by atoms with Crippen molar-refractivity contribution in [2.45, 2.75) is 17.9 Å². The van der Waals surface area contributed by atoms with Crippen molar-refractivity contribution in [3.63, 3.8) is 0 Å². The molecule has 1 atom stereocenters. The number of ether oxygens (including phenoxy) is 2. The first-order valence-corrected chi connectivity index (χ1v) is 11.3. The van der Waals surface area contributed by atoms with Gasteiger partial charge in [-0.05, 0) is 34.4 Å². The predicted molar refractivity (Wildman–Crippen MR) is 128 cm³/mol. The van der Waals surface area contributed by atoms with Crippen LogP contribution in [0.1, 0.15) is 33.8 Å². The number of carboxylic acid groups (broad SMARTS) is 1. The molecule has 0 radical (unpaired) electrons. The SMILES string of the molecule is O=C(NC1(C(=O)Nc2ccccc2C(=O)O)CCOC1)OCC1c2ccccc2-c2ccccc21. The van der Waals surface area contributed by atoms with Gasteiger partial charge in [0.05, 0.1) is 17.9 Å². The molecular weight excluding hydrogens is 448 g/mol. The quantitative estimate of drug-likeness (QED) is 0.499. The molecule has 3 N–H and O–H groups in total. The van der Waals surface area contributed by atoms with E-state index < -0.39 is 23.5 Å². The Kier molecular flexibility index (Phi) is 5.96. The lowest BCUT2D eigenvalue weighted by Gasteiger charge is -2.27. The molecule has 1 heterocycles. The first-order chi connectivity index (χ1) is 17.0. The second kappa shape index (κ2) is 9.23. The molecule has 2 amide bonds. The molecule has 0 bridgehead atoms. The van der Waals surface area contributed by atoms with Gasteiger partial charge in [-0.3, -0.25) is 4.79 Å². The van der Waals surface area contributed by atoms with Gasteiger partial charge in [0, 0.05) is 18.9 Å². The zero-order chi connectivity index (χ0) is 24.4. The number of anilines is 1. The van der Waals surface area contributed by atoms with Gasteiger partial charge in [0.15, 0.2) is 0 Å². The third-order valence-electron chi connectivity index (χ3n) is 6.55. The van der Waals surface area contributed by atoms with Crippen LogP contribution in [0, 0.1) is 0 Å². The van der Waals surface area contributed by atoms with Gasteiger partial charge in [-0.25, -0.2) is 9.59 Å². The van der Waals surface area contributed by atoms with Gasteiger partial charge in [0.2, 0.25) is 0 Å². The molecule has 1 fully saturated rings. The number of carbonyl (C=O) groups is 3. The largest absolute Gasteiger partial charge is 0.478 e. The van der Waals surface area contributed by atoms with Crippen LogP contribution in [-0.4, -0.2) is 48.4 Å². The van der Waals surface area contributed by atoms with Crippen molar-refractivity contribution in [3.8, 4) is 11.1 Å². The third-order valence-corrected chi connectivity index (χ3v) is 6.55. The third kappa shape index (κ3) is 4.24. The van der Waals surface area contributed by atoms with Crippen LogP contribution in [0.3, 0.4) is 0 Å². The summed E-state index contributed by atoms with van der Waals surface area (Å²) in [5, 5.41) is 14.7. The maximum atomic E-state index is 13.2. The number of benzene rings is 3. The molecule has 0 aromatic heterocycles. The van der Waals surface area contributed by atoms with Crippen LogP contribution in [-0.2, 0) is 14.3 Å². The van der Waals surface area contributed by atoms with Crippen LogP contribution >= 0.6 is 0 Å². The minimum atomic E-state index is -1.37. The van der Waals surface area contributed by atoms with Crippen molar-refractivity contribution >= 4 is 23.7 Å². The molecule has 0 saturated carbocycles. The van der Waals surface area contributed by atoms with Crippen molar-refractivity contribution in [3.05, 3.63) is 89.5 Å². The number of nitrogens with one attached hydrogen (secondary N) is 2. The predicted octanol–water partition coefficient (Wildman–Crippen LogP) is 4.02. The van der Waals surface area contributed by atoms with E-state index in [2.05, 4.69) is 22.8 Å². The first-order valence-electron chi connectivity index (χ1n) is 11.3. The van der Waals surface area contributed by atoms with Crippen molar-refractivity contribution in [1.82, 2.24) is 5.32 Å². The highest BCUT2D eigenvalue weighted by molar-refractivity contribution is 6.05. The number of amides is 2. The molecule has 5 rings (SSSR count). The fourth-order valence-electron chi connectivity index (χ4n) is 4.75. The average Bonchev–Trinajstić information content (AvgIpc) is 3.46. The molecule has 8 heteroatoms. The van der Waals surface area contributed by atoms with Crippen LogP contribution < -0.4 is 10.6 Å². The van der Waals surface area contributed by atoms with Gasteiger partial charge in [0.1, 0.15) is 12.1 Å². The van der Waals surface area contributed by atoms with E-state index in [0.717, 1.165) is 22.3 Å². The highest BCUT2D eigenvalue weighted by Gasteiger charge is 2.45. The Balaban J connectivity index is 1.30. The van der Waals surface area contributed by atoms with E-state index in [1.165, 1.54) is 12.1 Å². The van der Waals surface area contributed by atoms with Crippen molar-refractivity contribution in [2.24, 2.45) is 0 Å². The van der Waals surface area contributed by atoms with Gasteiger partial charge in [-0.1, -0.05) is 60.7 Å². The fraction of sp³-hybridized carbons (Fsp3) is 0.222. The summed E-state index contributed by atoms with van der Waals surface area (Å²) >= 11 is 0. The lowest BCUT2D eigenvalue weighted by atomic mass is 9.97. The molecule has 2 aliphatic rings. The normalized spacial score (nSPS) is 18.4. The minimum absolute atomic E-state index is 0.0434. The summed E-state index contributed by atoms with van der Waals surface area (Å²) < 4.78 is 11.0. The standard InChI is InChI=1S/C27H24N2O6/c30-24(31)21-11-5-6-12-23(21)28-25(32)27(13-14-34-16-27)29-26(33)35-15-22-19-9-3-1-7-17(19)18-8-2-4-10-20(18)22/h1-12,22H,13-16H2,(H,28,32)(H,29,33)(H,30,31). The van der Waals surface area contributed by atoms with Gasteiger partial charge in [-0.2, -0.15) is 0 Å². The minimum Gasteiger partial charge on any atom is -0.478 e. The summed E-state index contributed by atoms with van der Waals surface area (Å²) in [6, 6.07) is 22.1. The van der Waals surface area contributed by atoms with Crippen molar-refractivity contribution in [1.29, 1.82) is 0 Å². The second-order valence-electron chi connectivity index (χ2n) is 8.64. The Morgan fingerprint density at radius 2 is 1.57 bits per heavy atom. The van der Waals surface area contributed by atoms with E-state index in [4.69, 9.17) is 9.47 Å². The highest BCUT2D eigenvalue weighted by Crippen LogP contribution is 2.44. The fourth-order valence-corrected chi connectivity index (χ4v) is 4.75. The molecule has 1 unspecified atom stereocenters. The van der Waals surface area contributed by atoms with E-state index in [-0.39, 0.29) is 43.4 Å². The zero-order valence-electron chi connectivity index (χ0n) is 18.8. The number of para-hydroxylation sites is 1. The molecule has 1 aliphatic carbocycles.